The highest BCUT2D eigenvalue weighted by Crippen LogP contribution is 2.16. The van der Waals surface area contributed by atoms with E-state index in [1.165, 1.54) is 5.56 Å². The van der Waals surface area contributed by atoms with Gasteiger partial charge in [-0.3, -0.25) is 0 Å². The monoisotopic (exact) mass is 307 g/mol. The average Bonchev–Trinajstić information content (AvgIpc) is 3.01. The summed E-state index contributed by atoms with van der Waals surface area (Å²) in [5.74, 6) is 0. The maximum Gasteiger partial charge on any atom is 0.0951 e. The summed E-state index contributed by atoms with van der Waals surface area (Å²) in [6.45, 7) is 3.30. The van der Waals surface area contributed by atoms with Crippen molar-refractivity contribution in [1.82, 2.24) is 9.55 Å². The first kappa shape index (κ1) is 15.3. The Morgan fingerprint density at radius 2 is 1.83 bits per heavy atom. The molecule has 0 bridgehead atoms. The molecule has 0 aliphatic heterocycles. The molecule has 1 atom stereocenters. The second-order valence-corrected chi connectivity index (χ2v) is 5.65. The molecule has 1 heterocycles. The summed E-state index contributed by atoms with van der Waals surface area (Å²) in [4.78, 5) is 4.26. The number of imidazole rings is 1. The number of nitrogens with one attached hydrogen (secondary N) is 1. The Balaban J connectivity index is 1.64. The van der Waals surface area contributed by atoms with Gasteiger partial charge in [0.2, 0.25) is 0 Å². The zero-order valence-electron chi connectivity index (χ0n) is 13.2. The highest BCUT2D eigenvalue weighted by Gasteiger charge is 2.04. The smallest absolute Gasteiger partial charge is 0.0951 e. The van der Waals surface area contributed by atoms with Crippen molar-refractivity contribution in [3.8, 4) is 0 Å². The summed E-state index contributed by atoms with van der Waals surface area (Å²) >= 11 is 0. The van der Waals surface area contributed by atoms with Crippen LogP contribution in [0.1, 0.15) is 29.8 Å². The van der Waals surface area contributed by atoms with Gasteiger partial charge in [-0.05, 0) is 30.2 Å². The highest BCUT2D eigenvalue weighted by molar-refractivity contribution is 5.45. The lowest BCUT2D eigenvalue weighted by Gasteiger charge is -2.11. The van der Waals surface area contributed by atoms with Gasteiger partial charge in [-0.2, -0.15) is 0 Å². The Labute approximate surface area is 136 Å². The van der Waals surface area contributed by atoms with Crippen LogP contribution in [0.2, 0.25) is 0 Å². The molecule has 4 nitrogen and oxygen atoms in total. The third-order valence-corrected chi connectivity index (χ3v) is 3.86. The number of benzene rings is 2. The van der Waals surface area contributed by atoms with Gasteiger partial charge in [0.25, 0.3) is 0 Å². The maximum atomic E-state index is 9.54. The first-order chi connectivity index (χ1) is 11.2. The number of hydrogen-bond acceptors (Lipinski definition) is 3. The zero-order valence-corrected chi connectivity index (χ0v) is 13.2. The second kappa shape index (κ2) is 7.11. The fraction of sp³-hybridized carbons (Fsp3) is 0.211. The van der Waals surface area contributed by atoms with Crippen LogP contribution < -0.4 is 5.32 Å². The number of aliphatic hydroxyl groups excluding tert-OH is 1. The Hall–Kier alpha value is -2.59. The van der Waals surface area contributed by atoms with E-state index in [9.17, 15) is 5.11 Å². The topological polar surface area (TPSA) is 50.1 Å². The third-order valence-electron chi connectivity index (χ3n) is 3.86. The van der Waals surface area contributed by atoms with E-state index in [0.717, 1.165) is 23.5 Å². The lowest BCUT2D eigenvalue weighted by atomic mass is 10.1. The van der Waals surface area contributed by atoms with E-state index in [1.54, 1.807) is 6.92 Å². The van der Waals surface area contributed by atoms with Gasteiger partial charge < -0.3 is 15.0 Å². The molecule has 3 aromatic rings. The van der Waals surface area contributed by atoms with Gasteiger partial charge in [0.1, 0.15) is 0 Å². The molecule has 3 rings (SSSR count). The molecule has 0 radical (unpaired) electrons. The van der Waals surface area contributed by atoms with Crippen molar-refractivity contribution < 1.29 is 5.11 Å². The molecule has 118 valence electrons. The van der Waals surface area contributed by atoms with Crippen molar-refractivity contribution in [3.63, 3.8) is 0 Å². The molecule has 0 aliphatic carbocycles. The highest BCUT2D eigenvalue weighted by atomic mass is 16.3. The van der Waals surface area contributed by atoms with Crippen LogP contribution in [0, 0.1) is 0 Å². The van der Waals surface area contributed by atoms with Crippen molar-refractivity contribution in [3.05, 3.63) is 83.9 Å². The molecule has 0 aliphatic rings. The molecule has 0 fully saturated rings. The summed E-state index contributed by atoms with van der Waals surface area (Å²) in [5, 5.41) is 12.9. The summed E-state index contributed by atoms with van der Waals surface area (Å²) in [6.07, 6.45) is 3.32. The second-order valence-electron chi connectivity index (χ2n) is 5.65. The molecule has 2 N–H and O–H groups in total. The molecule has 0 saturated carbocycles. The standard InChI is InChI=1S/C19H21N3O/c1-15(23)17-7-9-18(10-8-17)21-12-19-11-20-14-22(19)13-16-5-3-2-4-6-16/h2-11,14-15,21,23H,12-13H2,1H3/t15-/m1/s1. The molecular formula is C19H21N3O. The van der Waals surface area contributed by atoms with E-state index in [-0.39, 0.29) is 0 Å². The van der Waals surface area contributed by atoms with Gasteiger partial charge in [0, 0.05) is 18.4 Å². The first-order valence-electron chi connectivity index (χ1n) is 7.77. The van der Waals surface area contributed by atoms with Crippen LogP contribution in [0.4, 0.5) is 5.69 Å². The molecule has 0 unspecified atom stereocenters. The SMILES string of the molecule is C[C@@H](O)c1ccc(NCc2cncn2Cc2ccccc2)cc1. The van der Waals surface area contributed by atoms with Crippen molar-refractivity contribution in [1.29, 1.82) is 0 Å². The van der Waals surface area contributed by atoms with E-state index in [2.05, 4.69) is 27.0 Å². The third kappa shape index (κ3) is 3.99. The number of aliphatic hydroxyl groups is 1. The molecule has 23 heavy (non-hydrogen) atoms. The zero-order chi connectivity index (χ0) is 16.1. The first-order valence-corrected chi connectivity index (χ1v) is 7.77. The van der Waals surface area contributed by atoms with Crippen LogP contribution in [-0.2, 0) is 13.1 Å². The van der Waals surface area contributed by atoms with Crippen LogP contribution in [0.15, 0.2) is 67.1 Å². The number of nitrogens with zero attached hydrogens (tertiary/aromatic N) is 2. The van der Waals surface area contributed by atoms with Crippen LogP contribution in [-0.4, -0.2) is 14.7 Å². The number of aromatic nitrogens is 2. The quantitative estimate of drug-likeness (QED) is 0.731. The molecule has 4 heteroatoms. The Kier molecular flexibility index (Phi) is 4.74. The summed E-state index contributed by atoms with van der Waals surface area (Å²) in [6, 6.07) is 18.2. The Morgan fingerprint density at radius 3 is 2.52 bits per heavy atom. The van der Waals surface area contributed by atoms with E-state index >= 15 is 0 Å². The fourth-order valence-corrected chi connectivity index (χ4v) is 2.49. The molecular weight excluding hydrogens is 286 g/mol. The van der Waals surface area contributed by atoms with Gasteiger partial charge in [-0.25, -0.2) is 4.98 Å². The molecule has 0 spiro atoms. The largest absolute Gasteiger partial charge is 0.389 e. The number of rotatable bonds is 6. The average molecular weight is 307 g/mol. The van der Waals surface area contributed by atoms with Gasteiger partial charge >= 0.3 is 0 Å². The predicted molar refractivity (Wildman–Crippen MR) is 92.2 cm³/mol. The van der Waals surface area contributed by atoms with E-state index in [1.807, 2.05) is 55.0 Å². The van der Waals surface area contributed by atoms with Crippen molar-refractivity contribution in [2.75, 3.05) is 5.32 Å². The summed E-state index contributed by atoms with van der Waals surface area (Å²) < 4.78 is 2.15. The minimum atomic E-state index is -0.434. The van der Waals surface area contributed by atoms with E-state index in [4.69, 9.17) is 0 Å². The number of anilines is 1. The van der Waals surface area contributed by atoms with Gasteiger partial charge in [0.15, 0.2) is 0 Å². The minimum absolute atomic E-state index is 0.434. The maximum absolute atomic E-state index is 9.54. The normalized spacial score (nSPS) is 12.1. The van der Waals surface area contributed by atoms with Crippen LogP contribution in [0.5, 0.6) is 0 Å². The van der Waals surface area contributed by atoms with Gasteiger partial charge in [-0.15, -0.1) is 0 Å². The van der Waals surface area contributed by atoms with Crippen molar-refractivity contribution in [2.24, 2.45) is 0 Å². The lowest BCUT2D eigenvalue weighted by molar-refractivity contribution is 0.199. The predicted octanol–water partition coefficient (Wildman–Crippen LogP) is 3.60. The summed E-state index contributed by atoms with van der Waals surface area (Å²) in [5.41, 5.74) is 4.34. The van der Waals surface area contributed by atoms with Crippen molar-refractivity contribution >= 4 is 5.69 Å². The lowest BCUT2D eigenvalue weighted by Crippen LogP contribution is -2.08. The van der Waals surface area contributed by atoms with Crippen molar-refractivity contribution in [2.45, 2.75) is 26.1 Å². The molecule has 0 amide bonds. The van der Waals surface area contributed by atoms with E-state index in [0.29, 0.717) is 6.54 Å². The minimum Gasteiger partial charge on any atom is -0.389 e. The molecule has 1 aromatic heterocycles. The fourth-order valence-electron chi connectivity index (χ4n) is 2.49. The van der Waals surface area contributed by atoms with Gasteiger partial charge in [-0.1, -0.05) is 42.5 Å². The Bertz CT molecular complexity index is 733. The van der Waals surface area contributed by atoms with Crippen LogP contribution in [0.3, 0.4) is 0 Å². The summed E-state index contributed by atoms with van der Waals surface area (Å²) in [7, 11) is 0. The van der Waals surface area contributed by atoms with E-state index < -0.39 is 6.10 Å². The van der Waals surface area contributed by atoms with Crippen LogP contribution in [0.25, 0.3) is 0 Å². The van der Waals surface area contributed by atoms with Gasteiger partial charge in [0.05, 0.1) is 24.7 Å². The number of hydrogen-bond donors (Lipinski definition) is 2. The Morgan fingerprint density at radius 1 is 1.09 bits per heavy atom. The molecule has 0 saturated heterocycles. The van der Waals surface area contributed by atoms with Crippen LogP contribution >= 0.6 is 0 Å². The molecule has 2 aromatic carbocycles.